The van der Waals surface area contributed by atoms with Gasteiger partial charge in [0.2, 0.25) is 0 Å². The minimum Gasteiger partial charge on any atom is -0.352 e. The van der Waals surface area contributed by atoms with Gasteiger partial charge in [-0.1, -0.05) is 31.2 Å². The van der Waals surface area contributed by atoms with Gasteiger partial charge in [-0.25, -0.2) is 0 Å². The van der Waals surface area contributed by atoms with E-state index in [2.05, 4.69) is 56.8 Å². The van der Waals surface area contributed by atoms with Gasteiger partial charge < -0.3 is 10.6 Å². The third kappa shape index (κ3) is 5.82. The number of hydrogen-bond donors (Lipinski definition) is 2. The Kier molecular flexibility index (Phi) is 6.87. The number of aryl methyl sites for hydroxylation is 1. The van der Waals surface area contributed by atoms with E-state index in [0.717, 1.165) is 30.7 Å². The Balaban J connectivity index is 1.45. The SMILES string of the molecule is CN=C(NCc1ccc(CN2CCCC(C)C2)cc1)NCc1ccnn1C. The van der Waals surface area contributed by atoms with Gasteiger partial charge in [-0.2, -0.15) is 5.10 Å². The molecule has 1 aliphatic rings. The maximum absolute atomic E-state index is 4.29. The lowest BCUT2D eigenvalue weighted by Crippen LogP contribution is -2.36. The van der Waals surface area contributed by atoms with Gasteiger partial charge in [0, 0.05) is 39.9 Å². The number of likely N-dealkylation sites (tertiary alicyclic amines) is 1. The van der Waals surface area contributed by atoms with Crippen LogP contribution in [0, 0.1) is 5.92 Å². The second kappa shape index (κ2) is 9.55. The van der Waals surface area contributed by atoms with Crippen molar-refractivity contribution in [1.82, 2.24) is 25.3 Å². The van der Waals surface area contributed by atoms with Crippen LogP contribution in [0.3, 0.4) is 0 Å². The summed E-state index contributed by atoms with van der Waals surface area (Å²) < 4.78 is 1.86. The lowest BCUT2D eigenvalue weighted by atomic mass is 9.99. The molecule has 27 heavy (non-hydrogen) atoms. The molecule has 2 N–H and O–H groups in total. The molecule has 1 aromatic heterocycles. The number of nitrogens with zero attached hydrogens (tertiary/aromatic N) is 4. The predicted molar refractivity (Wildman–Crippen MR) is 110 cm³/mol. The molecule has 6 nitrogen and oxygen atoms in total. The van der Waals surface area contributed by atoms with Crippen LogP contribution in [0.4, 0.5) is 0 Å². The Morgan fingerprint density at radius 1 is 1.15 bits per heavy atom. The number of aliphatic imine (C=N–C) groups is 1. The van der Waals surface area contributed by atoms with Crippen LogP contribution >= 0.6 is 0 Å². The van der Waals surface area contributed by atoms with Crippen LogP contribution in [0.2, 0.25) is 0 Å². The molecule has 0 bridgehead atoms. The van der Waals surface area contributed by atoms with Gasteiger partial charge in [-0.15, -0.1) is 0 Å². The smallest absolute Gasteiger partial charge is 0.191 e. The zero-order valence-corrected chi connectivity index (χ0v) is 16.8. The van der Waals surface area contributed by atoms with Crippen LogP contribution in [-0.4, -0.2) is 40.8 Å². The van der Waals surface area contributed by atoms with E-state index in [0.29, 0.717) is 6.54 Å². The van der Waals surface area contributed by atoms with Gasteiger partial charge in [0.25, 0.3) is 0 Å². The first-order valence-corrected chi connectivity index (χ1v) is 9.85. The molecule has 1 fully saturated rings. The average Bonchev–Trinajstić information content (AvgIpc) is 3.08. The molecule has 0 radical (unpaired) electrons. The number of benzene rings is 1. The molecule has 146 valence electrons. The summed E-state index contributed by atoms with van der Waals surface area (Å²) in [4.78, 5) is 6.87. The normalized spacial score (nSPS) is 18.5. The Morgan fingerprint density at radius 2 is 1.89 bits per heavy atom. The molecule has 0 aliphatic carbocycles. The van der Waals surface area contributed by atoms with Gasteiger partial charge in [0.1, 0.15) is 0 Å². The first-order chi connectivity index (χ1) is 13.1. The number of piperidine rings is 1. The lowest BCUT2D eigenvalue weighted by molar-refractivity contribution is 0.176. The van der Waals surface area contributed by atoms with Gasteiger partial charge >= 0.3 is 0 Å². The quantitative estimate of drug-likeness (QED) is 0.608. The van der Waals surface area contributed by atoms with Crippen LogP contribution in [0.15, 0.2) is 41.5 Å². The van der Waals surface area contributed by atoms with Gasteiger partial charge in [-0.3, -0.25) is 14.6 Å². The van der Waals surface area contributed by atoms with Gasteiger partial charge in [0.15, 0.2) is 5.96 Å². The maximum Gasteiger partial charge on any atom is 0.191 e. The van der Waals surface area contributed by atoms with Gasteiger partial charge in [0.05, 0.1) is 12.2 Å². The summed E-state index contributed by atoms with van der Waals surface area (Å²) in [5.41, 5.74) is 3.77. The molecule has 1 atom stereocenters. The van der Waals surface area contributed by atoms with Crippen molar-refractivity contribution >= 4 is 5.96 Å². The van der Waals surface area contributed by atoms with Crippen molar-refractivity contribution in [3.63, 3.8) is 0 Å². The Morgan fingerprint density at radius 3 is 2.56 bits per heavy atom. The van der Waals surface area contributed by atoms with Crippen LogP contribution in [-0.2, 0) is 26.7 Å². The fourth-order valence-corrected chi connectivity index (χ4v) is 3.61. The summed E-state index contributed by atoms with van der Waals surface area (Å²) >= 11 is 0. The lowest BCUT2D eigenvalue weighted by Gasteiger charge is -2.30. The highest BCUT2D eigenvalue weighted by atomic mass is 15.3. The molecule has 2 heterocycles. The second-order valence-electron chi connectivity index (χ2n) is 7.52. The molecule has 1 aromatic carbocycles. The van der Waals surface area contributed by atoms with Crippen molar-refractivity contribution in [3.8, 4) is 0 Å². The van der Waals surface area contributed by atoms with Crippen LogP contribution in [0.1, 0.15) is 36.6 Å². The minimum absolute atomic E-state index is 0.698. The standard InChI is InChI=1S/C21H32N6/c1-17-5-4-12-27(15-17)16-19-8-6-18(7-9-19)13-23-21(22-2)24-14-20-10-11-25-26(20)3/h6-11,17H,4-5,12-16H2,1-3H3,(H2,22,23,24). The number of hydrogen-bond acceptors (Lipinski definition) is 3. The summed E-state index contributed by atoms with van der Waals surface area (Å²) in [6.07, 6.45) is 4.50. The molecule has 3 rings (SSSR count). The average molecular weight is 369 g/mol. The maximum atomic E-state index is 4.29. The van der Waals surface area contributed by atoms with E-state index in [1.807, 2.05) is 17.8 Å². The predicted octanol–water partition coefficient (Wildman–Crippen LogP) is 2.52. The molecule has 1 unspecified atom stereocenters. The highest BCUT2D eigenvalue weighted by molar-refractivity contribution is 5.79. The second-order valence-corrected chi connectivity index (χ2v) is 7.52. The zero-order chi connectivity index (χ0) is 19.1. The number of nitrogens with one attached hydrogen (secondary N) is 2. The van der Waals surface area contributed by atoms with E-state index in [-0.39, 0.29) is 0 Å². The summed E-state index contributed by atoms with van der Waals surface area (Å²) in [7, 11) is 3.74. The molecule has 2 aromatic rings. The van der Waals surface area contributed by atoms with Crippen molar-refractivity contribution in [2.24, 2.45) is 18.0 Å². The van der Waals surface area contributed by atoms with E-state index in [1.165, 1.54) is 37.1 Å². The molecule has 1 saturated heterocycles. The fraction of sp³-hybridized carbons (Fsp3) is 0.524. The van der Waals surface area contributed by atoms with Crippen molar-refractivity contribution in [2.45, 2.75) is 39.4 Å². The zero-order valence-electron chi connectivity index (χ0n) is 16.8. The molecule has 0 amide bonds. The molecular weight excluding hydrogens is 336 g/mol. The Bertz CT molecular complexity index is 733. The van der Waals surface area contributed by atoms with Crippen LogP contribution in [0.5, 0.6) is 0 Å². The van der Waals surface area contributed by atoms with Crippen molar-refractivity contribution < 1.29 is 0 Å². The third-order valence-electron chi connectivity index (χ3n) is 5.21. The summed E-state index contributed by atoms with van der Waals surface area (Å²) in [6, 6.07) is 10.9. The number of rotatable bonds is 6. The number of aromatic nitrogens is 2. The Hall–Kier alpha value is -2.34. The van der Waals surface area contributed by atoms with Crippen LogP contribution in [0.25, 0.3) is 0 Å². The van der Waals surface area contributed by atoms with Crippen molar-refractivity contribution in [2.75, 3.05) is 20.1 Å². The Labute approximate surface area is 162 Å². The van der Waals surface area contributed by atoms with Gasteiger partial charge in [-0.05, 0) is 42.5 Å². The van der Waals surface area contributed by atoms with E-state index < -0.39 is 0 Å². The first kappa shape index (κ1) is 19.4. The van der Waals surface area contributed by atoms with E-state index >= 15 is 0 Å². The first-order valence-electron chi connectivity index (χ1n) is 9.85. The van der Waals surface area contributed by atoms with Crippen molar-refractivity contribution in [1.29, 1.82) is 0 Å². The highest BCUT2D eigenvalue weighted by Gasteiger charge is 2.16. The summed E-state index contributed by atoms with van der Waals surface area (Å²) in [6.45, 7) is 7.33. The van der Waals surface area contributed by atoms with E-state index in [9.17, 15) is 0 Å². The van der Waals surface area contributed by atoms with E-state index in [1.54, 1.807) is 13.2 Å². The largest absolute Gasteiger partial charge is 0.352 e. The molecule has 0 saturated carbocycles. The summed E-state index contributed by atoms with van der Waals surface area (Å²) in [5, 5.41) is 10.9. The molecule has 1 aliphatic heterocycles. The topological polar surface area (TPSA) is 57.5 Å². The summed E-state index contributed by atoms with van der Waals surface area (Å²) in [5.74, 6) is 1.62. The highest BCUT2D eigenvalue weighted by Crippen LogP contribution is 2.18. The fourth-order valence-electron chi connectivity index (χ4n) is 3.61. The number of guanidine groups is 1. The van der Waals surface area contributed by atoms with E-state index in [4.69, 9.17) is 0 Å². The molecular formula is C21H32N6. The minimum atomic E-state index is 0.698. The van der Waals surface area contributed by atoms with Crippen LogP contribution < -0.4 is 10.6 Å². The monoisotopic (exact) mass is 368 g/mol. The molecule has 6 heteroatoms. The molecule has 0 spiro atoms. The van der Waals surface area contributed by atoms with Crippen molar-refractivity contribution in [3.05, 3.63) is 53.3 Å². The third-order valence-corrected chi connectivity index (χ3v) is 5.21.